The van der Waals surface area contributed by atoms with E-state index < -0.39 is 0 Å². The van der Waals surface area contributed by atoms with E-state index in [2.05, 4.69) is 20.3 Å². The van der Waals surface area contributed by atoms with E-state index in [0.29, 0.717) is 30.7 Å². The van der Waals surface area contributed by atoms with Gasteiger partial charge in [-0.05, 0) is 6.92 Å². The minimum absolute atomic E-state index is 0.489. The summed E-state index contributed by atoms with van der Waals surface area (Å²) in [5.74, 6) is 2.76. The standard InChI is InChI=1S/C12H16N4O2/c1-3-9-6-14-12(18-9)7-13-10-5-11(17-4-2)16-8-15-10/h5-6,8H,3-4,7H2,1-2H3,(H,13,15,16). The Kier molecular flexibility index (Phi) is 4.11. The Morgan fingerprint density at radius 2 is 2.17 bits per heavy atom. The van der Waals surface area contributed by atoms with E-state index in [0.717, 1.165) is 12.2 Å². The van der Waals surface area contributed by atoms with E-state index in [9.17, 15) is 0 Å². The zero-order chi connectivity index (χ0) is 12.8. The van der Waals surface area contributed by atoms with Crippen molar-refractivity contribution < 1.29 is 9.15 Å². The highest BCUT2D eigenvalue weighted by atomic mass is 16.5. The van der Waals surface area contributed by atoms with Crippen LogP contribution >= 0.6 is 0 Å². The Bertz CT molecular complexity index is 498. The number of aryl methyl sites for hydroxylation is 1. The highest BCUT2D eigenvalue weighted by Crippen LogP contribution is 2.12. The molecule has 0 radical (unpaired) electrons. The molecule has 0 saturated carbocycles. The maximum atomic E-state index is 5.48. The average molecular weight is 248 g/mol. The van der Waals surface area contributed by atoms with Crippen molar-refractivity contribution in [2.24, 2.45) is 0 Å². The van der Waals surface area contributed by atoms with Gasteiger partial charge in [-0.2, -0.15) is 0 Å². The van der Waals surface area contributed by atoms with Crippen LogP contribution in [-0.4, -0.2) is 21.6 Å². The van der Waals surface area contributed by atoms with E-state index >= 15 is 0 Å². The number of aromatic nitrogens is 3. The maximum absolute atomic E-state index is 5.48. The molecule has 2 aromatic heterocycles. The topological polar surface area (TPSA) is 73.1 Å². The van der Waals surface area contributed by atoms with Crippen LogP contribution in [0.3, 0.4) is 0 Å². The predicted octanol–water partition coefficient (Wildman–Crippen LogP) is 2.04. The van der Waals surface area contributed by atoms with E-state index in [1.807, 2.05) is 13.8 Å². The second-order valence-electron chi connectivity index (χ2n) is 3.60. The Morgan fingerprint density at radius 1 is 1.28 bits per heavy atom. The fraction of sp³-hybridized carbons (Fsp3) is 0.417. The lowest BCUT2D eigenvalue weighted by Crippen LogP contribution is -2.03. The zero-order valence-corrected chi connectivity index (χ0v) is 10.5. The maximum Gasteiger partial charge on any atom is 0.218 e. The minimum atomic E-state index is 0.489. The normalized spacial score (nSPS) is 10.3. The third-order valence-corrected chi connectivity index (χ3v) is 2.30. The number of anilines is 1. The van der Waals surface area contributed by atoms with Crippen molar-refractivity contribution in [3.63, 3.8) is 0 Å². The first-order valence-corrected chi connectivity index (χ1v) is 5.94. The van der Waals surface area contributed by atoms with Gasteiger partial charge in [0.05, 0.1) is 19.3 Å². The Morgan fingerprint density at radius 3 is 2.89 bits per heavy atom. The van der Waals surface area contributed by atoms with E-state index in [1.165, 1.54) is 6.33 Å². The number of hydrogen-bond acceptors (Lipinski definition) is 6. The van der Waals surface area contributed by atoms with E-state index in [1.54, 1.807) is 12.3 Å². The van der Waals surface area contributed by atoms with Gasteiger partial charge in [-0.3, -0.25) is 0 Å². The molecule has 6 nitrogen and oxygen atoms in total. The van der Waals surface area contributed by atoms with Gasteiger partial charge in [-0.25, -0.2) is 15.0 Å². The number of ether oxygens (including phenoxy) is 1. The minimum Gasteiger partial charge on any atom is -0.478 e. The van der Waals surface area contributed by atoms with Crippen LogP contribution in [0.1, 0.15) is 25.5 Å². The summed E-state index contributed by atoms with van der Waals surface area (Å²) in [5, 5.41) is 3.11. The van der Waals surface area contributed by atoms with Gasteiger partial charge in [-0.1, -0.05) is 6.92 Å². The smallest absolute Gasteiger partial charge is 0.218 e. The second kappa shape index (κ2) is 6.00. The fourth-order valence-corrected chi connectivity index (χ4v) is 1.42. The molecule has 2 aromatic rings. The fourth-order valence-electron chi connectivity index (χ4n) is 1.42. The Labute approximate surface area is 105 Å². The van der Waals surface area contributed by atoms with Gasteiger partial charge in [0.2, 0.25) is 11.8 Å². The van der Waals surface area contributed by atoms with Crippen molar-refractivity contribution in [2.45, 2.75) is 26.8 Å². The van der Waals surface area contributed by atoms with Crippen molar-refractivity contribution in [1.29, 1.82) is 0 Å². The van der Waals surface area contributed by atoms with Crippen LogP contribution in [0.5, 0.6) is 5.88 Å². The van der Waals surface area contributed by atoms with Crippen molar-refractivity contribution in [1.82, 2.24) is 15.0 Å². The second-order valence-corrected chi connectivity index (χ2v) is 3.60. The lowest BCUT2D eigenvalue weighted by Gasteiger charge is -2.05. The summed E-state index contributed by atoms with van der Waals surface area (Å²) in [6.07, 6.45) is 4.04. The van der Waals surface area contributed by atoms with Crippen molar-refractivity contribution in [2.75, 3.05) is 11.9 Å². The molecule has 96 valence electrons. The van der Waals surface area contributed by atoms with Gasteiger partial charge in [-0.15, -0.1) is 0 Å². The van der Waals surface area contributed by atoms with Gasteiger partial charge < -0.3 is 14.5 Å². The van der Waals surface area contributed by atoms with Crippen molar-refractivity contribution in [3.8, 4) is 5.88 Å². The molecule has 0 saturated heterocycles. The molecule has 0 amide bonds. The summed E-state index contributed by atoms with van der Waals surface area (Å²) in [6, 6.07) is 1.74. The number of oxazole rings is 1. The van der Waals surface area contributed by atoms with Gasteiger partial charge >= 0.3 is 0 Å². The Balaban J connectivity index is 1.94. The molecule has 2 rings (SSSR count). The molecular weight excluding hydrogens is 232 g/mol. The summed E-state index contributed by atoms with van der Waals surface area (Å²) >= 11 is 0. The lowest BCUT2D eigenvalue weighted by atomic mass is 10.4. The molecule has 0 atom stereocenters. The monoisotopic (exact) mass is 248 g/mol. The van der Waals surface area contributed by atoms with Crippen LogP contribution in [0.2, 0.25) is 0 Å². The Hall–Kier alpha value is -2.11. The predicted molar refractivity (Wildman–Crippen MR) is 66.4 cm³/mol. The number of rotatable bonds is 6. The molecule has 0 fully saturated rings. The van der Waals surface area contributed by atoms with E-state index in [4.69, 9.17) is 9.15 Å². The van der Waals surface area contributed by atoms with Crippen LogP contribution in [0.25, 0.3) is 0 Å². The largest absolute Gasteiger partial charge is 0.478 e. The molecule has 0 aliphatic heterocycles. The van der Waals surface area contributed by atoms with Crippen LogP contribution in [0, 0.1) is 0 Å². The molecule has 0 aliphatic carbocycles. The SMILES string of the molecule is CCOc1cc(NCc2ncc(CC)o2)ncn1. The first kappa shape index (κ1) is 12.3. The molecule has 0 aromatic carbocycles. The third kappa shape index (κ3) is 3.19. The number of nitrogens with one attached hydrogen (secondary N) is 1. The van der Waals surface area contributed by atoms with Gasteiger partial charge in [0.25, 0.3) is 0 Å². The van der Waals surface area contributed by atoms with Crippen LogP contribution in [-0.2, 0) is 13.0 Å². The average Bonchev–Trinajstić information content (AvgIpc) is 2.85. The summed E-state index contributed by atoms with van der Waals surface area (Å²) < 4.78 is 10.8. The summed E-state index contributed by atoms with van der Waals surface area (Å²) in [5.41, 5.74) is 0. The molecule has 0 bridgehead atoms. The van der Waals surface area contributed by atoms with Crippen LogP contribution in [0.4, 0.5) is 5.82 Å². The molecule has 18 heavy (non-hydrogen) atoms. The first-order chi connectivity index (χ1) is 8.81. The first-order valence-electron chi connectivity index (χ1n) is 5.94. The summed E-state index contributed by atoms with van der Waals surface area (Å²) in [4.78, 5) is 12.2. The molecule has 0 spiro atoms. The van der Waals surface area contributed by atoms with Crippen LogP contribution < -0.4 is 10.1 Å². The highest BCUT2D eigenvalue weighted by Gasteiger charge is 2.03. The quantitative estimate of drug-likeness (QED) is 0.843. The third-order valence-electron chi connectivity index (χ3n) is 2.30. The molecule has 0 unspecified atom stereocenters. The molecule has 1 N–H and O–H groups in total. The van der Waals surface area contributed by atoms with E-state index in [-0.39, 0.29) is 0 Å². The summed E-state index contributed by atoms with van der Waals surface area (Å²) in [6.45, 7) is 5.00. The van der Waals surface area contributed by atoms with Crippen LogP contribution in [0.15, 0.2) is 23.0 Å². The molecule has 6 heteroatoms. The molecular formula is C12H16N4O2. The van der Waals surface area contributed by atoms with Gasteiger partial charge in [0.15, 0.2) is 0 Å². The molecule has 0 aliphatic rings. The van der Waals surface area contributed by atoms with Crippen molar-refractivity contribution >= 4 is 5.82 Å². The number of hydrogen-bond donors (Lipinski definition) is 1. The highest BCUT2D eigenvalue weighted by molar-refractivity contribution is 5.36. The zero-order valence-electron chi connectivity index (χ0n) is 10.5. The molecule has 2 heterocycles. The van der Waals surface area contributed by atoms with Gasteiger partial charge in [0.1, 0.15) is 17.9 Å². The number of nitrogens with zero attached hydrogens (tertiary/aromatic N) is 3. The van der Waals surface area contributed by atoms with Crippen molar-refractivity contribution in [3.05, 3.63) is 30.2 Å². The van der Waals surface area contributed by atoms with Gasteiger partial charge in [0, 0.05) is 12.5 Å². The summed E-state index contributed by atoms with van der Waals surface area (Å²) in [7, 11) is 0. The lowest BCUT2D eigenvalue weighted by molar-refractivity contribution is 0.326.